The van der Waals surface area contributed by atoms with Crippen LogP contribution < -0.4 is 10.5 Å². The highest BCUT2D eigenvalue weighted by atomic mass is 35.5. The van der Waals surface area contributed by atoms with Gasteiger partial charge in [0.2, 0.25) is 5.91 Å². The van der Waals surface area contributed by atoms with Gasteiger partial charge in [-0.1, -0.05) is 11.6 Å². The van der Waals surface area contributed by atoms with Crippen LogP contribution in [-0.4, -0.2) is 36.4 Å². The summed E-state index contributed by atoms with van der Waals surface area (Å²) >= 11 is 5.88. The van der Waals surface area contributed by atoms with Crippen LogP contribution in [0.5, 0.6) is 5.75 Å². The first-order chi connectivity index (χ1) is 13.8. The molecule has 1 unspecified atom stereocenters. The van der Waals surface area contributed by atoms with E-state index in [2.05, 4.69) is 0 Å². The first kappa shape index (κ1) is 21.0. The molecule has 154 valence electrons. The number of halogens is 3. The summed E-state index contributed by atoms with van der Waals surface area (Å²) in [4.78, 5) is 26.0. The Hall–Kier alpha value is -2.67. The lowest BCUT2D eigenvalue weighted by molar-refractivity contribution is -0.122. The van der Waals surface area contributed by atoms with Gasteiger partial charge in [0.1, 0.15) is 17.4 Å². The largest absolute Gasteiger partial charge is 0.493 e. The number of hydrogen-bond acceptors (Lipinski definition) is 3. The van der Waals surface area contributed by atoms with Gasteiger partial charge in [0.05, 0.1) is 12.2 Å². The quantitative estimate of drug-likeness (QED) is 0.769. The molecule has 0 spiro atoms. The Labute approximate surface area is 172 Å². The van der Waals surface area contributed by atoms with Crippen LogP contribution in [0.1, 0.15) is 29.6 Å². The van der Waals surface area contributed by atoms with Crippen molar-refractivity contribution >= 4 is 23.4 Å². The Morgan fingerprint density at radius 2 is 1.90 bits per heavy atom. The second kappa shape index (κ2) is 8.78. The number of carbonyl (C=O) groups is 2. The van der Waals surface area contributed by atoms with Crippen molar-refractivity contribution in [1.82, 2.24) is 4.90 Å². The molecule has 5 nitrogen and oxygen atoms in total. The molecule has 1 saturated heterocycles. The molecule has 2 aromatic rings. The molecule has 0 aromatic heterocycles. The zero-order valence-electron chi connectivity index (χ0n) is 15.7. The van der Waals surface area contributed by atoms with E-state index in [9.17, 15) is 18.4 Å². The van der Waals surface area contributed by atoms with Crippen LogP contribution >= 0.6 is 11.6 Å². The molecular weight excluding hydrogens is 402 g/mol. The van der Waals surface area contributed by atoms with Gasteiger partial charge >= 0.3 is 0 Å². The zero-order valence-corrected chi connectivity index (χ0v) is 16.4. The van der Waals surface area contributed by atoms with Crippen molar-refractivity contribution in [3.8, 4) is 5.75 Å². The minimum Gasteiger partial charge on any atom is -0.493 e. The van der Waals surface area contributed by atoms with Gasteiger partial charge < -0.3 is 15.4 Å². The third-order valence-corrected chi connectivity index (χ3v) is 5.27. The van der Waals surface area contributed by atoms with Crippen molar-refractivity contribution in [2.75, 3.05) is 19.7 Å². The fraction of sp³-hybridized carbons (Fsp3) is 0.333. The molecule has 0 saturated carbocycles. The predicted octanol–water partition coefficient (Wildman–Crippen LogP) is 3.80. The van der Waals surface area contributed by atoms with Gasteiger partial charge in [-0.25, -0.2) is 8.78 Å². The van der Waals surface area contributed by atoms with Gasteiger partial charge in [0, 0.05) is 36.0 Å². The highest BCUT2D eigenvalue weighted by molar-refractivity contribution is 6.30. The Kier molecular flexibility index (Phi) is 6.37. The smallest absolute Gasteiger partial charge is 0.256 e. The fourth-order valence-corrected chi connectivity index (χ4v) is 3.79. The number of nitrogens with zero attached hydrogens (tertiary/aromatic N) is 1. The molecule has 1 heterocycles. The Balaban J connectivity index is 1.78. The minimum atomic E-state index is -0.918. The first-order valence-electron chi connectivity index (χ1n) is 9.19. The molecule has 8 heteroatoms. The summed E-state index contributed by atoms with van der Waals surface area (Å²) in [6.45, 7) is 0.740. The number of piperidine rings is 1. The number of carbonyl (C=O) groups excluding carboxylic acids is 2. The average molecular weight is 423 g/mol. The zero-order chi connectivity index (χ0) is 21.0. The lowest BCUT2D eigenvalue weighted by atomic mass is 9.77. The van der Waals surface area contributed by atoms with Crippen LogP contribution in [-0.2, 0) is 4.79 Å². The molecule has 1 aliphatic heterocycles. The van der Waals surface area contributed by atoms with E-state index in [1.54, 1.807) is 24.3 Å². The number of rotatable bonds is 6. The molecule has 29 heavy (non-hydrogen) atoms. The number of amides is 2. The van der Waals surface area contributed by atoms with E-state index < -0.39 is 28.9 Å². The highest BCUT2D eigenvalue weighted by Gasteiger charge is 2.40. The van der Waals surface area contributed by atoms with Crippen LogP contribution in [0.4, 0.5) is 8.78 Å². The summed E-state index contributed by atoms with van der Waals surface area (Å²) in [7, 11) is 0. The molecule has 1 atom stereocenters. The molecule has 0 radical (unpaired) electrons. The molecular formula is C21H21ClF2N2O3. The van der Waals surface area contributed by atoms with Crippen molar-refractivity contribution in [3.05, 3.63) is 64.7 Å². The number of benzene rings is 2. The van der Waals surface area contributed by atoms with Crippen molar-refractivity contribution in [1.29, 1.82) is 0 Å². The van der Waals surface area contributed by atoms with E-state index in [4.69, 9.17) is 22.1 Å². The van der Waals surface area contributed by atoms with Crippen molar-refractivity contribution < 1.29 is 23.1 Å². The van der Waals surface area contributed by atoms with Crippen LogP contribution in [0.3, 0.4) is 0 Å². The predicted molar refractivity (Wildman–Crippen MR) is 105 cm³/mol. The van der Waals surface area contributed by atoms with E-state index in [1.807, 2.05) is 0 Å². The van der Waals surface area contributed by atoms with E-state index >= 15 is 0 Å². The number of ether oxygens (including phenoxy) is 1. The second-order valence-corrected chi connectivity index (χ2v) is 7.78. The van der Waals surface area contributed by atoms with Gasteiger partial charge in [0.25, 0.3) is 5.91 Å². The summed E-state index contributed by atoms with van der Waals surface area (Å²) in [5, 5.41) is 0.569. The first-order valence-corrected chi connectivity index (χ1v) is 9.57. The van der Waals surface area contributed by atoms with E-state index in [0.717, 1.165) is 12.1 Å². The number of hydrogen-bond donors (Lipinski definition) is 1. The molecule has 2 aromatic carbocycles. The maximum Gasteiger partial charge on any atom is 0.256 e. The van der Waals surface area contributed by atoms with Crippen LogP contribution in [0.25, 0.3) is 0 Å². The maximum atomic E-state index is 14.1. The highest BCUT2D eigenvalue weighted by Crippen LogP contribution is 2.35. The molecule has 2 N–H and O–H groups in total. The lowest BCUT2D eigenvalue weighted by Gasteiger charge is -2.42. The maximum absolute atomic E-state index is 14.1. The molecule has 0 bridgehead atoms. The molecule has 1 fully saturated rings. The summed E-state index contributed by atoms with van der Waals surface area (Å²) in [6.07, 6.45) is 1.25. The van der Waals surface area contributed by atoms with Gasteiger partial charge in [-0.3, -0.25) is 9.59 Å². The fourth-order valence-electron chi connectivity index (χ4n) is 3.66. The monoisotopic (exact) mass is 422 g/mol. The normalized spacial score (nSPS) is 19.1. The van der Waals surface area contributed by atoms with Gasteiger partial charge in [0.15, 0.2) is 0 Å². The molecule has 0 aliphatic carbocycles. The van der Waals surface area contributed by atoms with Crippen molar-refractivity contribution in [2.45, 2.75) is 19.3 Å². The third-order valence-electron chi connectivity index (χ3n) is 5.02. The molecule has 2 amide bonds. The van der Waals surface area contributed by atoms with Crippen LogP contribution in [0.15, 0.2) is 42.5 Å². The average Bonchev–Trinajstić information content (AvgIpc) is 2.67. The SMILES string of the molecule is NC(=O)CC1(COc2ccc(Cl)cc2)CCCN(C(=O)c2ccc(F)cc2F)C1. The van der Waals surface area contributed by atoms with Crippen LogP contribution in [0, 0.1) is 17.0 Å². The van der Waals surface area contributed by atoms with Gasteiger partial charge in [-0.2, -0.15) is 0 Å². The number of primary amides is 1. The standard InChI is InChI=1S/C21H21ClF2N2O3/c22-14-2-5-16(6-3-14)29-13-21(11-19(25)27)8-1-9-26(12-21)20(28)17-7-4-15(23)10-18(17)24/h2-7,10H,1,8-9,11-13H2,(H2,25,27). The van der Waals surface area contributed by atoms with E-state index in [-0.39, 0.29) is 25.1 Å². The van der Waals surface area contributed by atoms with Gasteiger partial charge in [-0.15, -0.1) is 0 Å². The molecule has 3 rings (SSSR count). The van der Waals surface area contributed by atoms with Gasteiger partial charge in [-0.05, 0) is 49.2 Å². The summed E-state index contributed by atoms with van der Waals surface area (Å²) in [6, 6.07) is 9.64. The van der Waals surface area contributed by atoms with Crippen LogP contribution in [0.2, 0.25) is 5.02 Å². The Morgan fingerprint density at radius 3 is 2.55 bits per heavy atom. The van der Waals surface area contributed by atoms with E-state index in [1.165, 1.54) is 4.90 Å². The summed E-state index contributed by atoms with van der Waals surface area (Å²) in [5.41, 5.74) is 4.55. The third kappa shape index (κ3) is 5.23. The van der Waals surface area contributed by atoms with Crippen molar-refractivity contribution in [2.24, 2.45) is 11.1 Å². The summed E-state index contributed by atoms with van der Waals surface area (Å²) in [5.74, 6) is -2.16. The number of nitrogens with two attached hydrogens (primary N) is 1. The minimum absolute atomic E-state index is 0.0241. The topological polar surface area (TPSA) is 72.6 Å². The molecule has 1 aliphatic rings. The summed E-state index contributed by atoms with van der Waals surface area (Å²) < 4.78 is 33.1. The Bertz CT molecular complexity index is 907. The number of likely N-dealkylation sites (tertiary alicyclic amines) is 1. The Morgan fingerprint density at radius 1 is 1.17 bits per heavy atom. The second-order valence-electron chi connectivity index (χ2n) is 7.34. The lowest BCUT2D eigenvalue weighted by Crippen LogP contribution is -2.50. The van der Waals surface area contributed by atoms with Crippen molar-refractivity contribution in [3.63, 3.8) is 0 Å². The van der Waals surface area contributed by atoms with E-state index in [0.29, 0.717) is 36.2 Å².